The molecule has 5 nitrogen and oxygen atoms in total. The monoisotopic (exact) mass is 465 g/mol. The van der Waals surface area contributed by atoms with E-state index in [0.717, 1.165) is 23.6 Å². The lowest BCUT2D eigenvalue weighted by molar-refractivity contribution is -0.121. The first kappa shape index (κ1) is 26.8. The molecule has 2 amide bonds. The van der Waals surface area contributed by atoms with Crippen molar-refractivity contribution in [2.75, 3.05) is 20.6 Å². The molecule has 0 unspecified atom stereocenters. The van der Waals surface area contributed by atoms with Crippen LogP contribution in [0.5, 0.6) is 0 Å². The van der Waals surface area contributed by atoms with E-state index >= 15 is 0 Å². The maximum atomic E-state index is 12.8. The van der Waals surface area contributed by atoms with Gasteiger partial charge in [-0.3, -0.25) is 9.59 Å². The molecule has 0 aliphatic carbocycles. The van der Waals surface area contributed by atoms with Crippen LogP contribution < -0.4 is 11.1 Å². The Kier molecular flexibility index (Phi) is 10.3. The third kappa shape index (κ3) is 8.44. The number of nitrogens with zero attached hydrogens (tertiary/aromatic N) is 1. The lowest BCUT2D eigenvalue weighted by Gasteiger charge is -2.26. The number of likely N-dealkylation sites (N-methyl/N-ethyl adjacent to an activating group) is 1. The number of amides is 2. The molecule has 2 radical (unpaired) electrons. The fourth-order valence-electron chi connectivity index (χ4n) is 4.21. The molecule has 6 heteroatoms. The van der Waals surface area contributed by atoms with Gasteiger partial charge in [0, 0.05) is 24.2 Å². The highest BCUT2D eigenvalue weighted by Crippen LogP contribution is 2.27. The molecule has 0 spiro atoms. The molecule has 0 aliphatic rings. The Balaban J connectivity index is 1.98. The van der Waals surface area contributed by atoms with E-state index in [4.69, 9.17) is 5.73 Å². The van der Waals surface area contributed by atoms with Crippen LogP contribution in [0.1, 0.15) is 65.2 Å². The lowest BCUT2D eigenvalue weighted by Crippen LogP contribution is -2.45. The number of rotatable bonds is 12. The molecule has 2 aromatic rings. The molecular weight excluding hydrogens is 426 g/mol. The molecule has 0 heterocycles. The smallest absolute Gasteiger partial charge is 0.248 e. The molecule has 0 fully saturated rings. The third-order valence-corrected chi connectivity index (χ3v) is 7.82. The van der Waals surface area contributed by atoms with E-state index in [9.17, 15) is 9.59 Å². The lowest BCUT2D eigenvalue weighted by atomic mass is 9.87. The van der Waals surface area contributed by atoms with Crippen molar-refractivity contribution in [3.63, 3.8) is 0 Å². The zero-order valence-electron chi connectivity index (χ0n) is 20.9. The molecule has 178 valence electrons. The van der Waals surface area contributed by atoms with Crippen LogP contribution in [0.4, 0.5) is 0 Å². The minimum absolute atomic E-state index is 0.110. The third-order valence-electron chi connectivity index (χ3n) is 6.07. The van der Waals surface area contributed by atoms with Crippen LogP contribution in [0.25, 0.3) is 0 Å². The highest BCUT2D eigenvalue weighted by molar-refractivity contribution is 6.37. The summed E-state index contributed by atoms with van der Waals surface area (Å²) in [5, 5.41) is 3.19. The van der Waals surface area contributed by atoms with Crippen molar-refractivity contribution in [1.29, 1.82) is 0 Å². The molecule has 0 saturated carbocycles. The van der Waals surface area contributed by atoms with Crippen molar-refractivity contribution in [3.8, 4) is 0 Å². The van der Waals surface area contributed by atoms with Crippen molar-refractivity contribution in [3.05, 3.63) is 70.3 Å². The second-order valence-electron chi connectivity index (χ2n) is 9.56. The maximum absolute atomic E-state index is 12.8. The molecule has 3 N–H and O–H groups in total. The van der Waals surface area contributed by atoms with Crippen molar-refractivity contribution in [1.82, 2.24) is 10.2 Å². The Labute approximate surface area is 202 Å². The Bertz CT molecular complexity index is 905. The van der Waals surface area contributed by atoms with Gasteiger partial charge in [0.25, 0.3) is 0 Å². The first-order valence-corrected chi connectivity index (χ1v) is 13.0. The van der Waals surface area contributed by atoms with Gasteiger partial charge in [0.1, 0.15) is 0 Å². The number of hydrogen-bond acceptors (Lipinski definition) is 3. The van der Waals surface area contributed by atoms with Gasteiger partial charge in [0.2, 0.25) is 11.8 Å². The summed E-state index contributed by atoms with van der Waals surface area (Å²) in [5.74, 6) is 0.488. The maximum Gasteiger partial charge on any atom is 0.248 e. The van der Waals surface area contributed by atoms with Crippen LogP contribution in [0.15, 0.2) is 42.5 Å². The number of carbonyl (C=O) groups is 2. The summed E-state index contributed by atoms with van der Waals surface area (Å²) in [7, 11) is 4.75. The molecule has 0 saturated heterocycles. The molecule has 33 heavy (non-hydrogen) atoms. The standard InChI is InChI=1S/C27H39N3O2Si/c1-18(2)12-22(21-10-8-7-9-11-21)15-25(31)29-16-26(30(5)6)33-17-24-19(3)13-23(27(28)32)14-20(24)4/h7-11,13-14,18,22,26H,12,15-17H2,1-6H3,(H2,28,32)(H,29,31)/t22-,26-/m0/s1. The fraction of sp³-hybridized carbons (Fsp3) is 0.481. The number of nitrogens with one attached hydrogen (secondary N) is 1. The molecule has 0 aliphatic heterocycles. The normalized spacial score (nSPS) is 13.2. The summed E-state index contributed by atoms with van der Waals surface area (Å²) in [6, 6.07) is 15.0. The Morgan fingerprint density at radius 3 is 2.18 bits per heavy atom. The summed E-state index contributed by atoms with van der Waals surface area (Å²) in [6.45, 7) is 9.10. The van der Waals surface area contributed by atoms with E-state index in [1.807, 2.05) is 44.2 Å². The summed E-state index contributed by atoms with van der Waals surface area (Å²) in [6.07, 6.45) is 1.51. The molecule has 2 rings (SSSR count). The Morgan fingerprint density at radius 1 is 1.06 bits per heavy atom. The Hall–Kier alpha value is -2.44. The van der Waals surface area contributed by atoms with Gasteiger partial charge in [-0.25, -0.2) is 0 Å². The topological polar surface area (TPSA) is 75.4 Å². The van der Waals surface area contributed by atoms with Crippen molar-refractivity contribution >= 4 is 21.3 Å². The molecule has 0 bridgehead atoms. The van der Waals surface area contributed by atoms with E-state index in [1.54, 1.807) is 0 Å². The van der Waals surface area contributed by atoms with Crippen LogP contribution in [-0.2, 0) is 10.8 Å². The fourth-order valence-corrected chi connectivity index (χ4v) is 5.82. The minimum Gasteiger partial charge on any atom is -0.366 e. The molecular formula is C27H39N3O2Si. The van der Waals surface area contributed by atoms with Crippen molar-refractivity contribution < 1.29 is 9.59 Å². The van der Waals surface area contributed by atoms with Gasteiger partial charge in [0.05, 0.1) is 9.52 Å². The summed E-state index contributed by atoms with van der Waals surface area (Å²) >= 11 is 0. The Morgan fingerprint density at radius 2 is 1.67 bits per heavy atom. The van der Waals surface area contributed by atoms with Crippen LogP contribution >= 0.6 is 0 Å². The van der Waals surface area contributed by atoms with Crippen molar-refractivity contribution in [2.24, 2.45) is 11.7 Å². The summed E-state index contributed by atoms with van der Waals surface area (Å²) in [5.41, 5.74) is 10.9. The van der Waals surface area contributed by atoms with Gasteiger partial charge in [-0.05, 0) is 86.6 Å². The van der Waals surface area contributed by atoms with Crippen LogP contribution in [0.2, 0.25) is 0 Å². The SMILES string of the molecule is Cc1cc(C(N)=O)cc(C)c1C[Si][C@@H](CNC(=O)C[C@H](CC(C)C)c1ccccc1)N(C)C. The predicted octanol–water partition coefficient (Wildman–Crippen LogP) is 3.83. The number of carbonyl (C=O) groups excluding carboxylic acids is 2. The van der Waals surface area contributed by atoms with Gasteiger partial charge in [0.15, 0.2) is 0 Å². The number of nitrogens with two attached hydrogens (primary N) is 1. The number of hydrogen-bond donors (Lipinski definition) is 2. The molecule has 0 aromatic heterocycles. The van der Waals surface area contributed by atoms with Gasteiger partial charge in [-0.2, -0.15) is 0 Å². The summed E-state index contributed by atoms with van der Waals surface area (Å²) in [4.78, 5) is 26.6. The van der Waals surface area contributed by atoms with Crippen LogP contribution in [-0.4, -0.2) is 52.5 Å². The van der Waals surface area contributed by atoms with Gasteiger partial charge in [-0.15, -0.1) is 0 Å². The van der Waals surface area contributed by atoms with E-state index in [1.165, 1.54) is 11.1 Å². The number of benzene rings is 2. The number of aryl methyl sites for hydroxylation is 2. The zero-order chi connectivity index (χ0) is 24.5. The highest BCUT2D eigenvalue weighted by Gasteiger charge is 2.20. The average Bonchev–Trinajstić information content (AvgIpc) is 2.74. The minimum atomic E-state index is -0.393. The zero-order valence-corrected chi connectivity index (χ0v) is 21.9. The van der Waals surface area contributed by atoms with Gasteiger partial charge < -0.3 is 16.0 Å². The van der Waals surface area contributed by atoms with Gasteiger partial charge in [-0.1, -0.05) is 44.2 Å². The number of primary amides is 1. The van der Waals surface area contributed by atoms with E-state index in [2.05, 4.69) is 50.3 Å². The van der Waals surface area contributed by atoms with Crippen LogP contribution in [0.3, 0.4) is 0 Å². The second kappa shape index (κ2) is 12.7. The molecule has 2 aromatic carbocycles. The second-order valence-corrected chi connectivity index (χ2v) is 11.0. The van der Waals surface area contributed by atoms with E-state index in [0.29, 0.717) is 34.0 Å². The van der Waals surface area contributed by atoms with Crippen molar-refractivity contribution in [2.45, 2.75) is 58.2 Å². The average molecular weight is 466 g/mol. The quantitative estimate of drug-likeness (QED) is 0.468. The van der Waals surface area contributed by atoms with E-state index < -0.39 is 5.91 Å². The molecule has 2 atom stereocenters. The van der Waals surface area contributed by atoms with E-state index in [-0.39, 0.29) is 17.5 Å². The first-order chi connectivity index (χ1) is 15.6. The van der Waals surface area contributed by atoms with Crippen LogP contribution in [0, 0.1) is 19.8 Å². The largest absolute Gasteiger partial charge is 0.366 e. The highest BCUT2D eigenvalue weighted by atomic mass is 28.2. The summed E-state index contributed by atoms with van der Waals surface area (Å²) < 4.78 is 0. The first-order valence-electron chi connectivity index (χ1n) is 11.7. The predicted molar refractivity (Wildman–Crippen MR) is 138 cm³/mol. The van der Waals surface area contributed by atoms with Gasteiger partial charge >= 0.3 is 0 Å².